The average Bonchev–Trinajstić information content (AvgIpc) is 2.78. The second-order valence-electron chi connectivity index (χ2n) is 5.02. The Morgan fingerprint density at radius 1 is 1.43 bits per heavy atom. The highest BCUT2D eigenvalue weighted by Crippen LogP contribution is 2.38. The zero-order valence-electron chi connectivity index (χ0n) is 10.7. The van der Waals surface area contributed by atoms with Gasteiger partial charge >= 0.3 is 12.1 Å². The molecule has 1 N–H and O–H groups in total. The molecule has 116 valence electrons. The molecule has 2 rings (SSSR count). The molecule has 1 saturated heterocycles. The molecule has 1 aromatic rings. The summed E-state index contributed by atoms with van der Waals surface area (Å²) in [4.78, 5) is 12.5. The quantitative estimate of drug-likeness (QED) is 0.859. The van der Waals surface area contributed by atoms with E-state index in [0.717, 1.165) is 10.0 Å². The summed E-state index contributed by atoms with van der Waals surface area (Å²) in [7, 11) is 0. The van der Waals surface area contributed by atoms with Crippen LogP contribution in [-0.2, 0) is 11.3 Å². The van der Waals surface area contributed by atoms with Crippen LogP contribution < -0.4 is 0 Å². The Kier molecular flexibility index (Phi) is 4.85. The number of hydrogen-bond donors (Lipinski definition) is 1. The Labute approximate surface area is 132 Å². The number of rotatable bonds is 3. The summed E-state index contributed by atoms with van der Waals surface area (Å²) >= 11 is 9.18. The van der Waals surface area contributed by atoms with Crippen LogP contribution in [0.25, 0.3) is 0 Å². The maximum atomic E-state index is 12.9. The van der Waals surface area contributed by atoms with Gasteiger partial charge in [-0.25, -0.2) is 0 Å². The molecule has 0 amide bonds. The minimum atomic E-state index is -4.51. The zero-order chi connectivity index (χ0) is 15.8. The number of aliphatic carboxylic acids is 1. The Balaban J connectivity index is 2.16. The summed E-state index contributed by atoms with van der Waals surface area (Å²) in [6.07, 6.45) is -4.51. The normalized spacial score (nSPS) is 23.5. The van der Waals surface area contributed by atoms with Crippen LogP contribution in [0.15, 0.2) is 22.7 Å². The van der Waals surface area contributed by atoms with Crippen LogP contribution in [0.1, 0.15) is 5.56 Å². The molecule has 0 radical (unpaired) electrons. The number of benzene rings is 1. The van der Waals surface area contributed by atoms with E-state index in [0.29, 0.717) is 5.02 Å². The first kappa shape index (κ1) is 16.6. The molecule has 0 aromatic heterocycles. The summed E-state index contributed by atoms with van der Waals surface area (Å²) in [5.74, 6) is -4.68. The fourth-order valence-electron chi connectivity index (χ4n) is 2.50. The molecule has 0 aliphatic carbocycles. The van der Waals surface area contributed by atoms with Crippen molar-refractivity contribution in [2.45, 2.75) is 12.7 Å². The molecule has 0 spiro atoms. The average molecular weight is 387 g/mol. The van der Waals surface area contributed by atoms with E-state index >= 15 is 0 Å². The Morgan fingerprint density at radius 3 is 2.62 bits per heavy atom. The van der Waals surface area contributed by atoms with Gasteiger partial charge in [-0.1, -0.05) is 27.5 Å². The van der Waals surface area contributed by atoms with Crippen LogP contribution in [0.2, 0.25) is 5.02 Å². The highest BCUT2D eigenvalue weighted by molar-refractivity contribution is 9.10. The lowest BCUT2D eigenvalue weighted by Crippen LogP contribution is -2.33. The third-order valence-electron chi connectivity index (χ3n) is 3.53. The van der Waals surface area contributed by atoms with Crippen molar-refractivity contribution in [3.8, 4) is 0 Å². The van der Waals surface area contributed by atoms with Crippen LogP contribution in [0, 0.1) is 11.8 Å². The first-order chi connectivity index (χ1) is 9.68. The van der Waals surface area contributed by atoms with Gasteiger partial charge in [-0.15, -0.1) is 0 Å². The van der Waals surface area contributed by atoms with Gasteiger partial charge < -0.3 is 5.11 Å². The highest BCUT2D eigenvalue weighted by Gasteiger charge is 2.52. The van der Waals surface area contributed by atoms with E-state index in [1.807, 2.05) is 0 Å². The molecular weight excluding hydrogens is 374 g/mol. The monoisotopic (exact) mass is 385 g/mol. The molecule has 0 unspecified atom stereocenters. The zero-order valence-corrected chi connectivity index (χ0v) is 13.0. The molecule has 21 heavy (non-hydrogen) atoms. The lowest BCUT2D eigenvalue weighted by atomic mass is 9.96. The molecule has 0 bridgehead atoms. The molecule has 1 aromatic carbocycles. The standard InChI is InChI=1S/C13H12BrClF3NO2/c14-11-2-1-8(15)3-7(11)4-19-5-9(12(20)21)10(6-19)13(16,17)18/h1-3,9-10H,4-6H2,(H,20,21)/t9-,10-/m1/s1. The predicted octanol–water partition coefficient (Wildman–Crippen LogP) is 3.80. The molecular formula is C13H12BrClF3NO2. The minimum absolute atomic E-state index is 0.127. The van der Waals surface area contributed by atoms with Gasteiger partial charge in [-0.3, -0.25) is 9.69 Å². The lowest BCUT2D eigenvalue weighted by Gasteiger charge is -2.18. The van der Waals surface area contributed by atoms with Gasteiger partial charge in [0.15, 0.2) is 0 Å². The summed E-state index contributed by atoms with van der Waals surface area (Å²) in [5.41, 5.74) is 0.731. The molecule has 1 fully saturated rings. The molecule has 2 atom stereocenters. The number of hydrogen-bond acceptors (Lipinski definition) is 2. The summed E-state index contributed by atoms with van der Waals surface area (Å²) in [6.45, 7) is -0.227. The molecule has 1 heterocycles. The van der Waals surface area contributed by atoms with Crippen LogP contribution in [0.5, 0.6) is 0 Å². The second kappa shape index (κ2) is 6.14. The van der Waals surface area contributed by atoms with E-state index in [9.17, 15) is 18.0 Å². The van der Waals surface area contributed by atoms with E-state index in [1.165, 1.54) is 4.90 Å². The van der Waals surface area contributed by atoms with Crippen LogP contribution >= 0.6 is 27.5 Å². The summed E-state index contributed by atoms with van der Waals surface area (Å²) < 4.78 is 39.4. The topological polar surface area (TPSA) is 40.5 Å². The van der Waals surface area contributed by atoms with E-state index in [1.54, 1.807) is 18.2 Å². The first-order valence-corrected chi connectivity index (χ1v) is 7.31. The van der Waals surface area contributed by atoms with Gasteiger partial charge in [0.05, 0.1) is 11.8 Å². The number of likely N-dealkylation sites (tertiary alicyclic amines) is 1. The van der Waals surface area contributed by atoms with Gasteiger partial charge in [0.25, 0.3) is 0 Å². The minimum Gasteiger partial charge on any atom is -0.481 e. The number of carboxylic acids is 1. The molecule has 8 heteroatoms. The van der Waals surface area contributed by atoms with Crippen LogP contribution in [0.4, 0.5) is 13.2 Å². The smallest absolute Gasteiger partial charge is 0.393 e. The number of carboxylic acid groups (broad SMARTS) is 1. The number of alkyl halides is 3. The van der Waals surface area contributed by atoms with E-state index in [4.69, 9.17) is 16.7 Å². The third kappa shape index (κ3) is 3.90. The van der Waals surface area contributed by atoms with Crippen molar-refractivity contribution in [3.05, 3.63) is 33.3 Å². The molecule has 3 nitrogen and oxygen atoms in total. The maximum Gasteiger partial charge on any atom is 0.393 e. The summed E-state index contributed by atoms with van der Waals surface area (Å²) in [6, 6.07) is 5.03. The SMILES string of the molecule is O=C(O)[C@@H]1CN(Cc2cc(Cl)ccc2Br)C[C@H]1C(F)(F)F. The van der Waals surface area contributed by atoms with Crippen molar-refractivity contribution < 1.29 is 23.1 Å². The van der Waals surface area contributed by atoms with Crippen LogP contribution in [-0.4, -0.2) is 35.2 Å². The Morgan fingerprint density at radius 2 is 2.10 bits per heavy atom. The van der Waals surface area contributed by atoms with Gasteiger partial charge in [0.2, 0.25) is 0 Å². The van der Waals surface area contributed by atoms with Crippen LogP contribution in [0.3, 0.4) is 0 Å². The van der Waals surface area contributed by atoms with Crippen molar-refractivity contribution in [2.75, 3.05) is 13.1 Å². The van der Waals surface area contributed by atoms with Gasteiger partial charge in [0, 0.05) is 29.1 Å². The van der Waals surface area contributed by atoms with E-state index in [2.05, 4.69) is 15.9 Å². The van der Waals surface area contributed by atoms with Crippen molar-refractivity contribution in [1.82, 2.24) is 4.90 Å². The first-order valence-electron chi connectivity index (χ1n) is 6.14. The Bertz CT molecular complexity index is 553. The van der Waals surface area contributed by atoms with Crippen molar-refractivity contribution in [1.29, 1.82) is 0 Å². The van der Waals surface area contributed by atoms with Crippen molar-refractivity contribution in [3.63, 3.8) is 0 Å². The fourth-order valence-corrected chi connectivity index (χ4v) is 3.07. The maximum absolute atomic E-state index is 12.9. The largest absolute Gasteiger partial charge is 0.481 e. The summed E-state index contributed by atoms with van der Waals surface area (Å²) in [5, 5.41) is 9.45. The number of carbonyl (C=O) groups is 1. The number of halogens is 5. The van der Waals surface area contributed by atoms with E-state index in [-0.39, 0.29) is 19.6 Å². The molecule has 1 aliphatic heterocycles. The molecule has 0 saturated carbocycles. The predicted molar refractivity (Wildman–Crippen MR) is 75.1 cm³/mol. The van der Waals surface area contributed by atoms with Crippen molar-refractivity contribution in [2.24, 2.45) is 11.8 Å². The van der Waals surface area contributed by atoms with Gasteiger partial charge in [-0.05, 0) is 23.8 Å². The fraction of sp³-hybridized carbons (Fsp3) is 0.462. The van der Waals surface area contributed by atoms with Gasteiger partial charge in [-0.2, -0.15) is 13.2 Å². The number of nitrogens with zero attached hydrogens (tertiary/aromatic N) is 1. The highest BCUT2D eigenvalue weighted by atomic mass is 79.9. The Hall–Kier alpha value is -0.790. The van der Waals surface area contributed by atoms with Crippen molar-refractivity contribution >= 4 is 33.5 Å². The lowest BCUT2D eigenvalue weighted by molar-refractivity contribution is -0.188. The molecule has 1 aliphatic rings. The third-order valence-corrected chi connectivity index (χ3v) is 4.54. The second-order valence-corrected chi connectivity index (χ2v) is 6.31. The van der Waals surface area contributed by atoms with E-state index < -0.39 is 24.0 Å². The van der Waals surface area contributed by atoms with Gasteiger partial charge in [0.1, 0.15) is 0 Å².